The van der Waals surface area contributed by atoms with Crippen LogP contribution in [0.4, 0.5) is 11.4 Å². The first-order valence-corrected chi connectivity index (χ1v) is 7.72. The third-order valence-electron chi connectivity index (χ3n) is 3.26. The van der Waals surface area contributed by atoms with E-state index >= 15 is 0 Å². The van der Waals surface area contributed by atoms with Crippen molar-refractivity contribution in [3.05, 3.63) is 18.2 Å². The van der Waals surface area contributed by atoms with Gasteiger partial charge in [-0.25, -0.2) is 0 Å². The van der Waals surface area contributed by atoms with Crippen LogP contribution >= 0.6 is 0 Å². The first kappa shape index (κ1) is 17.6. The second-order valence-electron chi connectivity index (χ2n) is 5.22. The number of nitrogens with one attached hydrogen (secondary N) is 1. The monoisotopic (exact) mass is 296 g/mol. The number of rotatable bonds is 11. The van der Waals surface area contributed by atoms with E-state index in [1.54, 1.807) is 0 Å². The molecule has 1 rings (SSSR count). The largest absolute Gasteiger partial charge is 0.491 e. The smallest absolute Gasteiger partial charge is 0.144 e. The lowest BCUT2D eigenvalue weighted by atomic mass is 10.2. The predicted octanol–water partition coefficient (Wildman–Crippen LogP) is 2.38. The first-order valence-electron chi connectivity index (χ1n) is 7.72. The highest BCUT2D eigenvalue weighted by molar-refractivity contribution is 5.62. The van der Waals surface area contributed by atoms with Gasteiger partial charge in [-0.1, -0.05) is 26.2 Å². The Balaban J connectivity index is 2.46. The number of unbranched alkanes of at least 4 members (excludes halogenated alkanes) is 3. The number of hydrogen-bond donors (Lipinski definition) is 4. The summed E-state index contributed by atoms with van der Waals surface area (Å²) >= 11 is 0. The van der Waals surface area contributed by atoms with E-state index in [2.05, 4.69) is 12.2 Å². The van der Waals surface area contributed by atoms with Gasteiger partial charge in [0.05, 0.1) is 25.0 Å². The summed E-state index contributed by atoms with van der Waals surface area (Å²) in [6.07, 6.45) is 4.43. The molecule has 0 amide bonds. The maximum Gasteiger partial charge on any atom is 0.144 e. The molecule has 1 aromatic rings. The van der Waals surface area contributed by atoms with E-state index in [-0.39, 0.29) is 6.61 Å². The van der Waals surface area contributed by atoms with Gasteiger partial charge in [0.25, 0.3) is 0 Å². The molecular formula is C16H28N2O3. The highest BCUT2D eigenvalue weighted by atomic mass is 16.5. The lowest BCUT2D eigenvalue weighted by Gasteiger charge is -2.15. The Labute approximate surface area is 127 Å². The van der Waals surface area contributed by atoms with Gasteiger partial charge < -0.3 is 26.0 Å². The summed E-state index contributed by atoms with van der Waals surface area (Å²) in [6, 6.07) is 5.50. The first-order chi connectivity index (χ1) is 10.2. The van der Waals surface area contributed by atoms with Crippen molar-refractivity contribution in [2.24, 2.45) is 0 Å². The Morgan fingerprint density at radius 2 is 2.10 bits per heavy atom. The van der Waals surface area contributed by atoms with E-state index in [0.717, 1.165) is 17.9 Å². The Morgan fingerprint density at radius 1 is 1.29 bits per heavy atom. The molecule has 0 fully saturated rings. The van der Waals surface area contributed by atoms with E-state index in [1.807, 2.05) is 18.2 Å². The summed E-state index contributed by atoms with van der Waals surface area (Å²) < 4.78 is 5.79. The molecule has 120 valence electrons. The van der Waals surface area contributed by atoms with Crippen LogP contribution in [-0.4, -0.2) is 36.1 Å². The second kappa shape index (κ2) is 10.3. The van der Waals surface area contributed by atoms with E-state index in [0.29, 0.717) is 25.3 Å². The van der Waals surface area contributed by atoms with Crippen LogP contribution in [0.5, 0.6) is 5.75 Å². The van der Waals surface area contributed by atoms with Crippen molar-refractivity contribution in [3.8, 4) is 5.75 Å². The molecule has 0 aliphatic rings. The molecule has 0 spiro atoms. The van der Waals surface area contributed by atoms with Crippen LogP contribution in [0.25, 0.3) is 0 Å². The van der Waals surface area contributed by atoms with Crippen molar-refractivity contribution >= 4 is 11.4 Å². The second-order valence-corrected chi connectivity index (χ2v) is 5.22. The van der Waals surface area contributed by atoms with Gasteiger partial charge in [0.15, 0.2) is 0 Å². The fraction of sp³-hybridized carbons (Fsp3) is 0.625. The SMILES string of the molecule is CCCCCCOc1cc(N)ccc1NCCC(O)CO. The van der Waals surface area contributed by atoms with Crippen molar-refractivity contribution in [3.63, 3.8) is 0 Å². The van der Waals surface area contributed by atoms with E-state index < -0.39 is 6.10 Å². The molecule has 5 nitrogen and oxygen atoms in total. The van der Waals surface area contributed by atoms with E-state index in [1.165, 1.54) is 19.3 Å². The maximum atomic E-state index is 9.33. The summed E-state index contributed by atoms with van der Waals surface area (Å²) in [5, 5.41) is 21.3. The number of benzene rings is 1. The Kier molecular flexibility index (Phi) is 8.62. The van der Waals surface area contributed by atoms with Crippen molar-refractivity contribution in [1.82, 2.24) is 0 Å². The van der Waals surface area contributed by atoms with Gasteiger partial charge in [0.1, 0.15) is 5.75 Å². The van der Waals surface area contributed by atoms with Crippen molar-refractivity contribution in [2.75, 3.05) is 30.8 Å². The zero-order valence-electron chi connectivity index (χ0n) is 12.8. The summed E-state index contributed by atoms with van der Waals surface area (Å²) in [5.41, 5.74) is 7.33. The van der Waals surface area contributed by atoms with Gasteiger partial charge in [-0.05, 0) is 25.0 Å². The zero-order valence-corrected chi connectivity index (χ0v) is 12.8. The zero-order chi connectivity index (χ0) is 15.5. The molecule has 0 aliphatic heterocycles. The number of nitrogens with two attached hydrogens (primary N) is 1. The lowest BCUT2D eigenvalue weighted by Crippen LogP contribution is -2.17. The van der Waals surface area contributed by atoms with Gasteiger partial charge in [-0.3, -0.25) is 0 Å². The average molecular weight is 296 g/mol. The Morgan fingerprint density at radius 3 is 2.81 bits per heavy atom. The Bertz CT molecular complexity index is 399. The Hall–Kier alpha value is -1.46. The van der Waals surface area contributed by atoms with E-state index in [4.69, 9.17) is 15.6 Å². The molecule has 0 aliphatic carbocycles. The van der Waals surface area contributed by atoms with Gasteiger partial charge in [-0.15, -0.1) is 0 Å². The molecule has 0 saturated carbocycles. The van der Waals surface area contributed by atoms with Crippen LogP contribution < -0.4 is 15.8 Å². The number of anilines is 2. The summed E-state index contributed by atoms with van der Waals surface area (Å²) in [5.74, 6) is 0.741. The molecule has 1 atom stereocenters. The predicted molar refractivity (Wildman–Crippen MR) is 86.7 cm³/mol. The average Bonchev–Trinajstić information content (AvgIpc) is 2.48. The standard InChI is InChI=1S/C16H28N2O3/c1-2-3-4-5-10-21-16-11-13(17)6-7-15(16)18-9-8-14(20)12-19/h6-7,11,14,18-20H,2-5,8-10,12,17H2,1H3. The molecule has 21 heavy (non-hydrogen) atoms. The van der Waals surface area contributed by atoms with Crippen LogP contribution in [0.15, 0.2) is 18.2 Å². The molecule has 1 aromatic carbocycles. The molecule has 1 unspecified atom stereocenters. The molecule has 0 heterocycles. The maximum absolute atomic E-state index is 9.33. The number of ether oxygens (including phenoxy) is 1. The molecular weight excluding hydrogens is 268 g/mol. The van der Waals surface area contributed by atoms with Crippen LogP contribution in [-0.2, 0) is 0 Å². The number of hydrogen-bond acceptors (Lipinski definition) is 5. The van der Waals surface area contributed by atoms with Crippen molar-refractivity contribution in [2.45, 2.75) is 45.1 Å². The highest BCUT2D eigenvalue weighted by Crippen LogP contribution is 2.27. The number of aliphatic hydroxyl groups is 2. The fourth-order valence-electron chi connectivity index (χ4n) is 1.98. The molecule has 5 heteroatoms. The van der Waals surface area contributed by atoms with Gasteiger partial charge in [0.2, 0.25) is 0 Å². The summed E-state index contributed by atoms with van der Waals surface area (Å²) in [4.78, 5) is 0. The molecule has 0 saturated heterocycles. The minimum Gasteiger partial charge on any atom is -0.491 e. The van der Waals surface area contributed by atoms with Crippen LogP contribution in [0, 0.1) is 0 Å². The summed E-state index contributed by atoms with van der Waals surface area (Å²) in [7, 11) is 0. The van der Waals surface area contributed by atoms with Gasteiger partial charge in [0, 0.05) is 18.3 Å². The van der Waals surface area contributed by atoms with Crippen molar-refractivity contribution < 1.29 is 14.9 Å². The van der Waals surface area contributed by atoms with Crippen LogP contribution in [0.3, 0.4) is 0 Å². The molecule has 0 bridgehead atoms. The minimum absolute atomic E-state index is 0.218. The molecule has 5 N–H and O–H groups in total. The molecule has 0 radical (unpaired) electrons. The summed E-state index contributed by atoms with van der Waals surface area (Å²) in [6.45, 7) is 3.21. The number of nitrogen functional groups attached to an aromatic ring is 1. The third-order valence-corrected chi connectivity index (χ3v) is 3.26. The quantitative estimate of drug-likeness (QED) is 0.372. The van der Waals surface area contributed by atoms with E-state index in [9.17, 15) is 5.11 Å². The van der Waals surface area contributed by atoms with Gasteiger partial charge in [-0.2, -0.15) is 0 Å². The topological polar surface area (TPSA) is 87.7 Å². The van der Waals surface area contributed by atoms with Crippen LogP contribution in [0.1, 0.15) is 39.0 Å². The molecule has 0 aromatic heterocycles. The third kappa shape index (κ3) is 7.20. The highest BCUT2D eigenvalue weighted by Gasteiger charge is 2.06. The van der Waals surface area contributed by atoms with Crippen LogP contribution in [0.2, 0.25) is 0 Å². The van der Waals surface area contributed by atoms with Crippen molar-refractivity contribution in [1.29, 1.82) is 0 Å². The minimum atomic E-state index is -0.690. The fourth-order valence-corrected chi connectivity index (χ4v) is 1.98. The normalized spacial score (nSPS) is 12.1. The lowest BCUT2D eigenvalue weighted by molar-refractivity contribution is 0.0911. The van der Waals surface area contributed by atoms with Gasteiger partial charge >= 0.3 is 0 Å². The number of aliphatic hydroxyl groups excluding tert-OH is 2.